The Morgan fingerprint density at radius 3 is 2.66 bits per heavy atom. The van der Waals surface area contributed by atoms with Crippen molar-refractivity contribution in [3.05, 3.63) is 51.2 Å². The van der Waals surface area contributed by atoms with Gasteiger partial charge < -0.3 is 10.1 Å². The third-order valence-corrected chi connectivity index (χ3v) is 6.57. The van der Waals surface area contributed by atoms with Gasteiger partial charge in [0.05, 0.1) is 22.9 Å². The van der Waals surface area contributed by atoms with Crippen LogP contribution < -0.4 is 5.32 Å². The molecule has 2 rings (SSSR count). The van der Waals surface area contributed by atoms with Gasteiger partial charge in [-0.25, -0.2) is 17.5 Å². The molecule has 1 atom stereocenters. The summed E-state index contributed by atoms with van der Waals surface area (Å²) < 4.78 is 32.2. The molecule has 1 aromatic carbocycles. The van der Waals surface area contributed by atoms with Gasteiger partial charge in [-0.05, 0) is 38.0 Å². The van der Waals surface area contributed by atoms with Crippen LogP contribution in [0.4, 0.5) is 5.69 Å². The Balaban J connectivity index is 2.72. The summed E-state index contributed by atoms with van der Waals surface area (Å²) >= 11 is 5.28. The van der Waals surface area contributed by atoms with Crippen LogP contribution in [0.25, 0.3) is 0 Å². The summed E-state index contributed by atoms with van der Waals surface area (Å²) in [5.74, 6) is -0.890. The number of nitro benzene ring substituents is 1. The Kier molecular flexibility index (Phi) is 7.31. The van der Waals surface area contributed by atoms with Crippen molar-refractivity contribution in [2.75, 3.05) is 12.4 Å². The SMILES string of the molecule is CCCCS(=O)(=O)N1C(=S)NC(C)=C(C(=O)OCC)C1c1cccc([N+](=O)[O-])c1. The maximum Gasteiger partial charge on any atom is 0.338 e. The number of allylic oxidation sites excluding steroid dienone is 1. The van der Waals surface area contributed by atoms with E-state index in [1.165, 1.54) is 24.3 Å². The van der Waals surface area contributed by atoms with E-state index >= 15 is 0 Å². The van der Waals surface area contributed by atoms with Crippen molar-refractivity contribution in [1.29, 1.82) is 0 Å². The van der Waals surface area contributed by atoms with Gasteiger partial charge in [-0.2, -0.15) is 0 Å². The highest BCUT2D eigenvalue weighted by Gasteiger charge is 2.42. The Bertz CT molecular complexity index is 958. The van der Waals surface area contributed by atoms with E-state index in [0.717, 1.165) is 4.31 Å². The Labute approximate surface area is 174 Å². The molecule has 0 aromatic heterocycles. The van der Waals surface area contributed by atoms with Crippen molar-refractivity contribution >= 4 is 39.0 Å². The van der Waals surface area contributed by atoms with Gasteiger partial charge in [0.2, 0.25) is 10.0 Å². The van der Waals surface area contributed by atoms with E-state index in [0.29, 0.717) is 18.5 Å². The summed E-state index contributed by atoms with van der Waals surface area (Å²) in [6, 6.07) is 4.34. The fraction of sp³-hybridized carbons (Fsp3) is 0.444. The van der Waals surface area contributed by atoms with E-state index in [2.05, 4.69) is 5.32 Å². The number of rotatable bonds is 8. The molecule has 1 heterocycles. The molecule has 0 aliphatic carbocycles. The zero-order chi connectivity index (χ0) is 21.8. The number of hydrogen-bond acceptors (Lipinski definition) is 7. The second-order valence-corrected chi connectivity index (χ2v) is 8.76. The van der Waals surface area contributed by atoms with Crippen LogP contribution in [0, 0.1) is 10.1 Å². The lowest BCUT2D eigenvalue weighted by atomic mass is 9.95. The van der Waals surface area contributed by atoms with Crippen molar-refractivity contribution in [3.63, 3.8) is 0 Å². The summed E-state index contributed by atoms with van der Waals surface area (Å²) in [7, 11) is -3.91. The minimum absolute atomic E-state index is 0.0426. The average molecular weight is 442 g/mol. The summed E-state index contributed by atoms with van der Waals surface area (Å²) in [5.41, 5.74) is 0.414. The number of unbranched alkanes of at least 4 members (excludes halogenated alkanes) is 1. The number of hydrogen-bond donors (Lipinski definition) is 1. The molecular weight excluding hydrogens is 418 g/mol. The summed E-state index contributed by atoms with van der Waals surface area (Å²) in [6.07, 6.45) is 1.05. The number of benzene rings is 1. The summed E-state index contributed by atoms with van der Waals surface area (Å²) in [5, 5.41) is 13.9. The largest absolute Gasteiger partial charge is 0.463 e. The van der Waals surface area contributed by atoms with Crippen LogP contribution in [0.5, 0.6) is 0 Å². The molecule has 0 fully saturated rings. The Morgan fingerprint density at radius 1 is 1.38 bits per heavy atom. The second-order valence-electron chi connectivity index (χ2n) is 6.41. The molecule has 1 aliphatic heterocycles. The maximum absolute atomic E-state index is 13.1. The quantitative estimate of drug-likeness (QED) is 0.283. The molecule has 0 amide bonds. The van der Waals surface area contributed by atoms with Crippen LogP contribution in [0.1, 0.15) is 45.2 Å². The van der Waals surface area contributed by atoms with Crippen LogP contribution in [0.15, 0.2) is 35.5 Å². The number of non-ortho nitro benzene ring substituents is 1. The van der Waals surface area contributed by atoms with Gasteiger partial charge in [-0.3, -0.25) is 10.1 Å². The lowest BCUT2D eigenvalue weighted by molar-refractivity contribution is -0.384. The molecule has 11 heteroatoms. The topological polar surface area (TPSA) is 119 Å². The number of esters is 1. The number of ether oxygens (including phenoxy) is 1. The number of nitrogens with one attached hydrogen (secondary N) is 1. The first kappa shape index (κ1) is 22.8. The Hall–Kier alpha value is -2.53. The number of carbonyl (C=O) groups is 1. The molecule has 0 saturated heterocycles. The van der Waals surface area contributed by atoms with Crippen molar-refractivity contribution in [3.8, 4) is 0 Å². The molecule has 0 saturated carbocycles. The molecule has 29 heavy (non-hydrogen) atoms. The lowest BCUT2D eigenvalue weighted by Gasteiger charge is -2.38. The lowest BCUT2D eigenvalue weighted by Crippen LogP contribution is -2.51. The van der Waals surface area contributed by atoms with Gasteiger partial charge in [-0.15, -0.1) is 0 Å². The number of nitrogens with zero attached hydrogens (tertiary/aromatic N) is 2. The van der Waals surface area contributed by atoms with Crippen molar-refractivity contribution < 1.29 is 22.9 Å². The first-order valence-corrected chi connectivity index (χ1v) is 11.1. The minimum Gasteiger partial charge on any atom is -0.463 e. The third-order valence-electron chi connectivity index (χ3n) is 4.35. The fourth-order valence-electron chi connectivity index (χ4n) is 3.02. The first-order valence-electron chi connectivity index (χ1n) is 9.09. The highest BCUT2D eigenvalue weighted by atomic mass is 32.2. The first-order chi connectivity index (χ1) is 13.6. The fourth-order valence-corrected chi connectivity index (χ4v) is 5.31. The number of thiocarbonyl (C=S) groups is 1. The molecule has 1 aliphatic rings. The smallest absolute Gasteiger partial charge is 0.338 e. The summed E-state index contributed by atoms with van der Waals surface area (Å²) in [6.45, 7) is 5.16. The van der Waals surface area contributed by atoms with E-state index in [1.54, 1.807) is 13.8 Å². The number of sulfonamides is 1. The monoisotopic (exact) mass is 441 g/mol. The molecule has 0 radical (unpaired) electrons. The molecule has 1 aromatic rings. The third kappa shape index (κ3) is 4.91. The normalized spacial score (nSPS) is 17.1. The molecule has 1 unspecified atom stereocenters. The van der Waals surface area contributed by atoms with Gasteiger partial charge in [0.25, 0.3) is 5.69 Å². The molecule has 0 spiro atoms. The van der Waals surface area contributed by atoms with Crippen LogP contribution >= 0.6 is 12.2 Å². The predicted molar refractivity (Wildman–Crippen MR) is 111 cm³/mol. The molecule has 158 valence electrons. The Morgan fingerprint density at radius 2 is 2.07 bits per heavy atom. The van der Waals surface area contributed by atoms with Crippen molar-refractivity contribution in [1.82, 2.24) is 9.62 Å². The van der Waals surface area contributed by atoms with Crippen LogP contribution in [-0.4, -0.2) is 41.1 Å². The summed E-state index contributed by atoms with van der Waals surface area (Å²) in [4.78, 5) is 23.3. The van der Waals surface area contributed by atoms with Gasteiger partial charge >= 0.3 is 5.97 Å². The van der Waals surface area contributed by atoms with E-state index in [9.17, 15) is 23.3 Å². The molecule has 0 bridgehead atoms. The van der Waals surface area contributed by atoms with Crippen LogP contribution in [0.3, 0.4) is 0 Å². The molecule has 9 nitrogen and oxygen atoms in total. The number of carbonyl (C=O) groups excluding carboxylic acids is 1. The van der Waals surface area contributed by atoms with Gasteiger partial charge in [0, 0.05) is 17.8 Å². The van der Waals surface area contributed by atoms with E-state index in [-0.39, 0.29) is 34.3 Å². The highest BCUT2D eigenvalue weighted by Crippen LogP contribution is 2.37. The van der Waals surface area contributed by atoms with Crippen LogP contribution in [-0.2, 0) is 19.6 Å². The average Bonchev–Trinajstić information content (AvgIpc) is 2.65. The van der Waals surface area contributed by atoms with E-state index in [1.807, 2.05) is 6.92 Å². The van der Waals surface area contributed by atoms with Crippen molar-refractivity contribution in [2.24, 2.45) is 0 Å². The van der Waals surface area contributed by atoms with E-state index < -0.39 is 27.0 Å². The van der Waals surface area contributed by atoms with Gasteiger partial charge in [0.15, 0.2) is 5.11 Å². The zero-order valence-corrected chi connectivity index (χ0v) is 18.0. The minimum atomic E-state index is -3.91. The van der Waals surface area contributed by atoms with E-state index in [4.69, 9.17) is 17.0 Å². The maximum atomic E-state index is 13.1. The molecular formula is C18H23N3O6S2. The standard InChI is InChI=1S/C18H23N3O6S2/c1-4-6-10-29(25,26)20-16(13-8-7-9-14(11-13)21(23)24)15(17(22)27-5-2)12(3)19-18(20)28/h7-9,11,16H,4-6,10H2,1-3H3,(H,19,28). The molecule has 1 N–H and O–H groups in total. The van der Waals surface area contributed by atoms with Gasteiger partial charge in [0.1, 0.15) is 6.04 Å². The zero-order valence-electron chi connectivity index (χ0n) is 16.4. The van der Waals surface area contributed by atoms with Crippen LogP contribution in [0.2, 0.25) is 0 Å². The highest BCUT2D eigenvalue weighted by molar-refractivity contribution is 7.91. The van der Waals surface area contributed by atoms with Gasteiger partial charge in [-0.1, -0.05) is 25.5 Å². The van der Waals surface area contributed by atoms with Crippen molar-refractivity contribution in [2.45, 2.75) is 39.7 Å². The number of nitro groups is 1. The predicted octanol–water partition coefficient (Wildman–Crippen LogP) is 2.79. The second kappa shape index (κ2) is 9.31.